The van der Waals surface area contributed by atoms with E-state index in [1.54, 1.807) is 6.08 Å². The lowest BCUT2D eigenvalue weighted by Crippen LogP contribution is -2.16. The van der Waals surface area contributed by atoms with Crippen LogP contribution in [0.4, 0.5) is 0 Å². The van der Waals surface area contributed by atoms with Crippen LogP contribution in [0.3, 0.4) is 0 Å². The molecule has 1 aliphatic carbocycles. The Balaban J connectivity index is 2.82. The standard InChI is InChI=1S/C20H26O/c1-16(8-6-9-17(2)13-15-21)11-12-19-18(3)10-7-14-20(19,4)5/h6-13,15H,14H2,1-5H3/b9-6+,12-11-,16-8-,17-13+. The molecule has 112 valence electrons. The van der Waals surface area contributed by atoms with E-state index >= 15 is 0 Å². The van der Waals surface area contributed by atoms with E-state index in [2.05, 4.69) is 58.1 Å². The third-order valence-electron chi connectivity index (χ3n) is 3.71. The summed E-state index contributed by atoms with van der Waals surface area (Å²) in [5.41, 5.74) is 5.09. The second-order valence-electron chi connectivity index (χ2n) is 6.24. The molecule has 1 heteroatoms. The van der Waals surface area contributed by atoms with Crippen LogP contribution in [-0.2, 0) is 4.79 Å². The Morgan fingerprint density at radius 2 is 1.81 bits per heavy atom. The Morgan fingerprint density at radius 1 is 1.14 bits per heavy atom. The molecule has 0 saturated heterocycles. The summed E-state index contributed by atoms with van der Waals surface area (Å²) >= 11 is 0. The normalized spacial score (nSPS) is 19.9. The van der Waals surface area contributed by atoms with E-state index in [9.17, 15) is 4.79 Å². The third kappa shape index (κ3) is 5.55. The van der Waals surface area contributed by atoms with Gasteiger partial charge in [-0.3, -0.25) is 4.79 Å². The highest BCUT2D eigenvalue weighted by Gasteiger charge is 2.23. The number of carbonyl (C=O) groups excluding carboxylic acids is 1. The van der Waals surface area contributed by atoms with Crippen molar-refractivity contribution in [3.05, 3.63) is 70.9 Å². The monoisotopic (exact) mass is 282 g/mol. The van der Waals surface area contributed by atoms with Crippen molar-refractivity contribution in [2.45, 2.75) is 41.0 Å². The van der Waals surface area contributed by atoms with Crippen molar-refractivity contribution in [3.63, 3.8) is 0 Å². The molecule has 0 radical (unpaired) electrons. The quantitative estimate of drug-likeness (QED) is 0.370. The molecule has 1 aliphatic rings. The highest BCUT2D eigenvalue weighted by atomic mass is 16.1. The minimum atomic E-state index is 0.203. The summed E-state index contributed by atoms with van der Waals surface area (Å²) in [7, 11) is 0. The van der Waals surface area contributed by atoms with E-state index in [4.69, 9.17) is 0 Å². The first-order chi connectivity index (χ1) is 9.86. The molecular weight excluding hydrogens is 256 g/mol. The number of carbonyl (C=O) groups is 1. The minimum Gasteiger partial charge on any atom is -0.299 e. The molecule has 0 atom stereocenters. The van der Waals surface area contributed by atoms with E-state index < -0.39 is 0 Å². The molecule has 0 aromatic carbocycles. The molecular formula is C20H26O. The maximum atomic E-state index is 10.3. The lowest BCUT2D eigenvalue weighted by Gasteiger charge is -2.29. The van der Waals surface area contributed by atoms with Gasteiger partial charge in [-0.05, 0) is 55.4 Å². The van der Waals surface area contributed by atoms with E-state index in [-0.39, 0.29) is 5.41 Å². The minimum absolute atomic E-state index is 0.203. The summed E-state index contributed by atoms with van der Waals surface area (Å²) in [5.74, 6) is 0. The summed E-state index contributed by atoms with van der Waals surface area (Å²) in [5, 5.41) is 0. The highest BCUT2D eigenvalue weighted by molar-refractivity contribution is 5.66. The fraction of sp³-hybridized carbons (Fsp3) is 0.350. The van der Waals surface area contributed by atoms with Gasteiger partial charge in [-0.15, -0.1) is 0 Å². The van der Waals surface area contributed by atoms with Gasteiger partial charge in [0.15, 0.2) is 0 Å². The lowest BCUT2D eigenvalue weighted by molar-refractivity contribution is -0.104. The molecule has 0 spiro atoms. The number of hydrogen-bond acceptors (Lipinski definition) is 1. The fourth-order valence-corrected chi connectivity index (χ4v) is 2.41. The molecule has 0 aromatic heterocycles. The Bertz CT molecular complexity index is 561. The van der Waals surface area contributed by atoms with Gasteiger partial charge < -0.3 is 0 Å². The summed E-state index contributed by atoms with van der Waals surface area (Å²) < 4.78 is 0. The van der Waals surface area contributed by atoms with Gasteiger partial charge in [0.2, 0.25) is 0 Å². The zero-order chi connectivity index (χ0) is 15.9. The maximum Gasteiger partial charge on any atom is 0.143 e. The van der Waals surface area contributed by atoms with Crippen molar-refractivity contribution in [2.24, 2.45) is 5.41 Å². The first kappa shape index (κ1) is 17.2. The topological polar surface area (TPSA) is 17.1 Å². The first-order valence-corrected chi connectivity index (χ1v) is 7.40. The first-order valence-electron chi connectivity index (χ1n) is 7.40. The molecule has 1 nitrogen and oxygen atoms in total. The van der Waals surface area contributed by atoms with Gasteiger partial charge in [-0.25, -0.2) is 0 Å². The Kier molecular flexibility index (Phi) is 6.36. The van der Waals surface area contributed by atoms with Crippen LogP contribution in [0.1, 0.15) is 41.0 Å². The van der Waals surface area contributed by atoms with E-state index in [0.29, 0.717) is 0 Å². The summed E-state index contributed by atoms with van der Waals surface area (Å²) in [6.07, 6.45) is 18.3. The van der Waals surface area contributed by atoms with Crippen molar-refractivity contribution in [1.29, 1.82) is 0 Å². The average molecular weight is 282 g/mol. The number of hydrogen-bond donors (Lipinski definition) is 0. The lowest BCUT2D eigenvalue weighted by atomic mass is 9.75. The van der Waals surface area contributed by atoms with Crippen LogP contribution in [0.2, 0.25) is 0 Å². The van der Waals surface area contributed by atoms with Crippen LogP contribution >= 0.6 is 0 Å². The molecule has 0 aliphatic heterocycles. The molecule has 0 saturated carbocycles. The Hall–Kier alpha value is -1.89. The van der Waals surface area contributed by atoms with Crippen LogP contribution in [0.15, 0.2) is 70.9 Å². The molecule has 0 unspecified atom stereocenters. The molecule has 0 fully saturated rings. The zero-order valence-electron chi connectivity index (χ0n) is 13.8. The molecule has 21 heavy (non-hydrogen) atoms. The maximum absolute atomic E-state index is 10.3. The third-order valence-corrected chi connectivity index (χ3v) is 3.71. The average Bonchev–Trinajstić information content (AvgIpc) is 2.37. The smallest absolute Gasteiger partial charge is 0.143 e. The Labute approximate surface area is 129 Å². The fourth-order valence-electron chi connectivity index (χ4n) is 2.41. The van der Waals surface area contributed by atoms with E-state index in [1.807, 2.05) is 19.1 Å². The number of rotatable bonds is 5. The van der Waals surface area contributed by atoms with Gasteiger partial charge in [-0.2, -0.15) is 0 Å². The summed E-state index contributed by atoms with van der Waals surface area (Å²) in [4.78, 5) is 10.3. The van der Waals surface area contributed by atoms with Crippen molar-refractivity contribution >= 4 is 6.29 Å². The van der Waals surface area contributed by atoms with Crippen molar-refractivity contribution in [1.82, 2.24) is 0 Å². The van der Waals surface area contributed by atoms with Gasteiger partial charge >= 0.3 is 0 Å². The van der Waals surface area contributed by atoms with Crippen molar-refractivity contribution in [3.8, 4) is 0 Å². The molecule has 0 amide bonds. The number of allylic oxidation sites excluding steroid dienone is 12. The Morgan fingerprint density at radius 3 is 2.43 bits per heavy atom. The molecule has 0 aromatic rings. The molecule has 1 rings (SSSR count). The van der Waals surface area contributed by atoms with Crippen LogP contribution in [0.5, 0.6) is 0 Å². The zero-order valence-corrected chi connectivity index (χ0v) is 13.8. The summed E-state index contributed by atoms with van der Waals surface area (Å²) in [6.45, 7) is 10.7. The molecule has 0 N–H and O–H groups in total. The molecule has 0 heterocycles. The second kappa shape index (κ2) is 7.78. The van der Waals surface area contributed by atoms with E-state index in [0.717, 1.165) is 18.3 Å². The molecule has 0 bridgehead atoms. The predicted octanol–water partition coefficient (Wildman–Crippen LogP) is 5.49. The van der Waals surface area contributed by atoms with Crippen LogP contribution in [-0.4, -0.2) is 6.29 Å². The largest absolute Gasteiger partial charge is 0.299 e. The van der Waals surface area contributed by atoms with Gasteiger partial charge in [0.25, 0.3) is 0 Å². The van der Waals surface area contributed by atoms with Gasteiger partial charge in [0.05, 0.1) is 0 Å². The van der Waals surface area contributed by atoms with Crippen molar-refractivity contribution < 1.29 is 4.79 Å². The van der Waals surface area contributed by atoms with Crippen LogP contribution in [0, 0.1) is 5.41 Å². The summed E-state index contributed by atoms with van der Waals surface area (Å²) in [6, 6.07) is 0. The SMILES string of the molecule is CC1=C(\C=C/C(C)=C\C=C\C(C)=C\C=O)C(C)(C)CC=C1. The van der Waals surface area contributed by atoms with Gasteiger partial charge in [-0.1, -0.05) is 62.0 Å². The van der Waals surface area contributed by atoms with Gasteiger partial charge in [0, 0.05) is 0 Å². The predicted molar refractivity (Wildman–Crippen MR) is 92.1 cm³/mol. The van der Waals surface area contributed by atoms with Crippen molar-refractivity contribution in [2.75, 3.05) is 0 Å². The van der Waals surface area contributed by atoms with Crippen LogP contribution in [0.25, 0.3) is 0 Å². The number of aldehydes is 1. The van der Waals surface area contributed by atoms with Crippen LogP contribution < -0.4 is 0 Å². The second-order valence-corrected chi connectivity index (χ2v) is 6.24. The van der Waals surface area contributed by atoms with E-state index in [1.165, 1.54) is 16.7 Å². The van der Waals surface area contributed by atoms with Gasteiger partial charge in [0.1, 0.15) is 6.29 Å². The highest BCUT2D eigenvalue weighted by Crippen LogP contribution is 2.37.